The topological polar surface area (TPSA) is 59.2 Å². The third-order valence-corrected chi connectivity index (χ3v) is 4.18. The lowest BCUT2D eigenvalue weighted by molar-refractivity contribution is 0.0465. The van der Waals surface area contributed by atoms with Crippen LogP contribution in [0.3, 0.4) is 0 Å². The van der Waals surface area contributed by atoms with Crippen LogP contribution in [0.4, 0.5) is 0 Å². The van der Waals surface area contributed by atoms with Gasteiger partial charge in [-0.05, 0) is 42.9 Å². The van der Waals surface area contributed by atoms with Crippen LogP contribution >= 0.6 is 0 Å². The van der Waals surface area contributed by atoms with E-state index in [2.05, 4.69) is 37.9 Å². The number of Topliss-reactive ketones (excluding diaryl/α,β-unsaturated/α-hetero) is 1. The van der Waals surface area contributed by atoms with Crippen LogP contribution in [-0.2, 0) is 16.8 Å². The Morgan fingerprint density at radius 2 is 1.67 bits per heavy atom. The number of rotatable bonds is 4. The van der Waals surface area contributed by atoms with E-state index in [1.165, 1.54) is 12.5 Å². The number of carbonyl (C=O) groups is 2. The van der Waals surface area contributed by atoms with Crippen LogP contribution in [0.25, 0.3) is 0 Å². The molecule has 24 heavy (non-hydrogen) atoms. The van der Waals surface area contributed by atoms with Crippen LogP contribution < -0.4 is 0 Å². The van der Waals surface area contributed by atoms with Crippen LogP contribution in [0.1, 0.15) is 70.9 Å². The lowest BCUT2D eigenvalue weighted by atomic mass is 9.87. The van der Waals surface area contributed by atoms with Crippen molar-refractivity contribution in [2.75, 3.05) is 0 Å². The van der Waals surface area contributed by atoms with E-state index in [-0.39, 0.29) is 17.8 Å². The number of hydrogen-bond donors (Lipinski definition) is 1. The normalized spacial score (nSPS) is 11.4. The fourth-order valence-corrected chi connectivity index (χ4v) is 2.80. The molecule has 1 N–H and O–H groups in total. The number of aromatic nitrogens is 1. The van der Waals surface area contributed by atoms with Crippen LogP contribution in [0.15, 0.2) is 24.3 Å². The Morgan fingerprint density at radius 1 is 1.08 bits per heavy atom. The first kappa shape index (κ1) is 18.0. The lowest BCUT2D eigenvalue weighted by Gasteiger charge is -2.19. The molecule has 0 radical (unpaired) electrons. The predicted octanol–water partition coefficient (Wildman–Crippen LogP) is 4.49. The van der Waals surface area contributed by atoms with E-state index < -0.39 is 5.97 Å². The molecule has 1 aromatic heterocycles. The van der Waals surface area contributed by atoms with E-state index in [4.69, 9.17) is 4.74 Å². The molecule has 4 heteroatoms. The maximum atomic E-state index is 12.3. The van der Waals surface area contributed by atoms with Gasteiger partial charge in [-0.2, -0.15) is 0 Å². The fourth-order valence-electron chi connectivity index (χ4n) is 2.80. The van der Waals surface area contributed by atoms with Gasteiger partial charge in [-0.1, -0.05) is 45.0 Å². The van der Waals surface area contributed by atoms with Gasteiger partial charge in [-0.25, -0.2) is 4.79 Å². The van der Waals surface area contributed by atoms with Gasteiger partial charge in [-0.3, -0.25) is 4.79 Å². The van der Waals surface area contributed by atoms with Gasteiger partial charge in [0.05, 0.1) is 0 Å². The predicted molar refractivity (Wildman–Crippen MR) is 94.5 cm³/mol. The average Bonchev–Trinajstić information content (AvgIpc) is 2.79. The first-order chi connectivity index (χ1) is 11.1. The van der Waals surface area contributed by atoms with Gasteiger partial charge in [0.25, 0.3) is 0 Å². The number of H-pyrrole nitrogens is 1. The van der Waals surface area contributed by atoms with Crippen molar-refractivity contribution in [3.8, 4) is 0 Å². The highest BCUT2D eigenvalue weighted by Crippen LogP contribution is 2.23. The summed E-state index contributed by atoms with van der Waals surface area (Å²) in [5.41, 5.74) is 4.52. The largest absolute Gasteiger partial charge is 0.456 e. The van der Waals surface area contributed by atoms with Crippen LogP contribution in [0, 0.1) is 13.8 Å². The van der Waals surface area contributed by atoms with Crippen molar-refractivity contribution in [2.45, 2.75) is 53.6 Å². The molecule has 0 saturated carbocycles. The van der Waals surface area contributed by atoms with E-state index >= 15 is 0 Å². The molecule has 2 aromatic rings. The molecule has 1 heterocycles. The van der Waals surface area contributed by atoms with Crippen LogP contribution in [-0.4, -0.2) is 16.7 Å². The number of carbonyl (C=O) groups excluding carboxylic acids is 2. The second kappa shape index (κ2) is 6.63. The summed E-state index contributed by atoms with van der Waals surface area (Å²) in [6.07, 6.45) is 0. The SMILES string of the molecule is CC(=O)c1c(C)[nH]c(C(=O)OCc2ccc(C(C)(C)C)cc2)c1C. The summed E-state index contributed by atoms with van der Waals surface area (Å²) >= 11 is 0. The van der Waals surface area contributed by atoms with Gasteiger partial charge in [-0.15, -0.1) is 0 Å². The van der Waals surface area contributed by atoms with Gasteiger partial charge in [0, 0.05) is 11.3 Å². The Hall–Kier alpha value is -2.36. The molecule has 4 nitrogen and oxygen atoms in total. The molecule has 0 spiro atoms. The molecule has 0 aliphatic rings. The second-order valence-electron chi connectivity index (χ2n) is 7.20. The van der Waals surface area contributed by atoms with E-state index in [1.807, 2.05) is 12.1 Å². The van der Waals surface area contributed by atoms with Crippen LogP contribution in [0.2, 0.25) is 0 Å². The minimum atomic E-state index is -0.442. The van der Waals surface area contributed by atoms with Gasteiger partial charge in [0.2, 0.25) is 0 Å². The van der Waals surface area contributed by atoms with Crippen molar-refractivity contribution < 1.29 is 14.3 Å². The summed E-state index contributed by atoms with van der Waals surface area (Å²) in [6.45, 7) is 11.7. The molecule has 0 aliphatic heterocycles. The van der Waals surface area contributed by atoms with Gasteiger partial charge in [0.15, 0.2) is 5.78 Å². The lowest BCUT2D eigenvalue weighted by Crippen LogP contribution is -2.11. The highest BCUT2D eigenvalue weighted by molar-refractivity contribution is 6.01. The minimum absolute atomic E-state index is 0.0573. The molecular formula is C20H25NO3. The summed E-state index contributed by atoms with van der Waals surface area (Å²) < 4.78 is 5.39. The van der Waals surface area contributed by atoms with E-state index in [0.717, 1.165) is 5.56 Å². The number of ether oxygens (including phenoxy) is 1. The number of aryl methyl sites for hydroxylation is 1. The highest BCUT2D eigenvalue weighted by Gasteiger charge is 2.21. The molecule has 128 valence electrons. The monoisotopic (exact) mass is 327 g/mol. The maximum Gasteiger partial charge on any atom is 0.355 e. The molecular weight excluding hydrogens is 302 g/mol. The zero-order valence-corrected chi connectivity index (χ0v) is 15.2. The quantitative estimate of drug-likeness (QED) is 0.665. The number of ketones is 1. The molecule has 2 rings (SSSR count). The molecule has 0 amide bonds. The zero-order valence-electron chi connectivity index (χ0n) is 15.2. The van der Waals surface area contributed by atoms with Crippen LogP contribution in [0.5, 0.6) is 0 Å². The van der Waals surface area contributed by atoms with Crippen molar-refractivity contribution in [2.24, 2.45) is 0 Å². The number of nitrogens with one attached hydrogen (secondary N) is 1. The minimum Gasteiger partial charge on any atom is -0.456 e. The Balaban J connectivity index is 2.09. The Labute approximate surface area is 143 Å². The molecule has 0 fully saturated rings. The standard InChI is InChI=1S/C20H25NO3/c1-12-17(14(3)22)13(2)21-18(12)19(23)24-11-15-7-9-16(10-8-15)20(4,5)6/h7-10,21H,11H2,1-6H3. The number of esters is 1. The van der Waals surface area contributed by atoms with Crippen molar-refractivity contribution in [1.82, 2.24) is 4.98 Å². The maximum absolute atomic E-state index is 12.3. The zero-order chi connectivity index (χ0) is 18.1. The van der Waals surface area contributed by atoms with E-state index in [1.54, 1.807) is 13.8 Å². The second-order valence-corrected chi connectivity index (χ2v) is 7.20. The highest BCUT2D eigenvalue weighted by atomic mass is 16.5. The molecule has 1 aromatic carbocycles. The molecule has 0 aliphatic carbocycles. The van der Waals surface area contributed by atoms with Gasteiger partial charge < -0.3 is 9.72 Å². The summed E-state index contributed by atoms with van der Waals surface area (Å²) in [6, 6.07) is 8.06. The number of benzene rings is 1. The number of hydrogen-bond acceptors (Lipinski definition) is 3. The number of aromatic amines is 1. The summed E-state index contributed by atoms with van der Waals surface area (Å²) in [4.78, 5) is 26.9. The third-order valence-electron chi connectivity index (χ3n) is 4.18. The molecule has 0 unspecified atom stereocenters. The van der Waals surface area contributed by atoms with E-state index in [9.17, 15) is 9.59 Å². The van der Waals surface area contributed by atoms with Crippen molar-refractivity contribution in [3.63, 3.8) is 0 Å². The van der Waals surface area contributed by atoms with Gasteiger partial charge in [0.1, 0.15) is 12.3 Å². The van der Waals surface area contributed by atoms with Crippen molar-refractivity contribution in [1.29, 1.82) is 0 Å². The molecule has 0 bridgehead atoms. The Bertz CT molecular complexity index is 761. The smallest absolute Gasteiger partial charge is 0.355 e. The van der Waals surface area contributed by atoms with Crippen molar-refractivity contribution >= 4 is 11.8 Å². The van der Waals surface area contributed by atoms with Gasteiger partial charge >= 0.3 is 5.97 Å². The first-order valence-electron chi connectivity index (χ1n) is 8.08. The Morgan fingerprint density at radius 3 is 2.12 bits per heavy atom. The first-order valence-corrected chi connectivity index (χ1v) is 8.08. The summed E-state index contributed by atoms with van der Waals surface area (Å²) in [7, 11) is 0. The summed E-state index contributed by atoms with van der Waals surface area (Å²) in [5, 5.41) is 0. The third kappa shape index (κ3) is 3.75. The molecule has 0 saturated heterocycles. The Kier molecular flexibility index (Phi) is 4.97. The fraction of sp³-hybridized carbons (Fsp3) is 0.400. The van der Waals surface area contributed by atoms with E-state index in [0.29, 0.717) is 22.5 Å². The summed E-state index contributed by atoms with van der Waals surface area (Å²) in [5.74, 6) is -0.499. The molecule has 0 atom stereocenters. The van der Waals surface area contributed by atoms with Crippen molar-refractivity contribution in [3.05, 3.63) is 57.9 Å². The average molecular weight is 327 g/mol.